The summed E-state index contributed by atoms with van der Waals surface area (Å²) in [5.41, 5.74) is 5.10. The maximum Gasteiger partial charge on any atom is 0.116 e. The molecule has 1 aliphatic rings. The Hall–Kier alpha value is -4.26. The summed E-state index contributed by atoms with van der Waals surface area (Å²) in [4.78, 5) is 0. The minimum Gasteiger partial charge on any atom is -0.394 e. The molecule has 1 aliphatic carbocycles. The van der Waals surface area contributed by atoms with E-state index in [-0.39, 0.29) is 19.8 Å². The first kappa shape index (κ1) is 58.0. The maximum atomic E-state index is 10.4. The number of benzene rings is 5. The molecule has 0 bridgehead atoms. The Labute approximate surface area is 439 Å². The van der Waals surface area contributed by atoms with Crippen molar-refractivity contribution in [1.82, 2.24) is 0 Å². The smallest absolute Gasteiger partial charge is 0.116 e. The van der Waals surface area contributed by atoms with Gasteiger partial charge >= 0.3 is 0 Å². The highest BCUT2D eigenvalue weighted by Crippen LogP contribution is 2.36. The lowest BCUT2D eigenvalue weighted by Crippen LogP contribution is -2.67. The van der Waals surface area contributed by atoms with Gasteiger partial charge < -0.3 is 43.0 Å². The quantitative estimate of drug-likeness (QED) is 0.0385. The van der Waals surface area contributed by atoms with Crippen molar-refractivity contribution in [2.24, 2.45) is 0 Å². The van der Waals surface area contributed by atoms with Crippen LogP contribution in [0.3, 0.4) is 0 Å². The van der Waals surface area contributed by atoms with E-state index in [2.05, 4.69) is 67.6 Å². The van der Waals surface area contributed by atoms with Crippen molar-refractivity contribution in [3.63, 3.8) is 0 Å². The molecule has 9 heteroatoms. The van der Waals surface area contributed by atoms with Gasteiger partial charge in [-0.15, -0.1) is 0 Å². The number of unbranched alkanes of at least 4 members (excludes halogenated alkanes) is 15. The highest BCUT2D eigenvalue weighted by atomic mass is 16.6. The van der Waals surface area contributed by atoms with Crippen LogP contribution in [0.5, 0.6) is 0 Å². The molecule has 1 saturated carbocycles. The Morgan fingerprint density at radius 3 is 0.890 bits per heavy atom. The number of hydrogen-bond donors (Lipinski definition) is 1. The van der Waals surface area contributed by atoms with Gasteiger partial charge in [0.05, 0.1) is 59.5 Å². The number of ether oxygens (including phenoxy) is 8. The zero-order valence-corrected chi connectivity index (χ0v) is 44.1. The molecule has 0 aliphatic heterocycles. The van der Waals surface area contributed by atoms with Gasteiger partial charge in [-0.25, -0.2) is 0 Å². The topological polar surface area (TPSA) is 94.1 Å². The van der Waals surface area contributed by atoms with Crippen LogP contribution >= 0.6 is 0 Å². The average molecular weight is 1000 g/mol. The minimum absolute atomic E-state index is 0.154. The van der Waals surface area contributed by atoms with E-state index < -0.39 is 42.7 Å². The Kier molecular flexibility index (Phi) is 29.1. The molecular weight excluding hydrogens is 913 g/mol. The fourth-order valence-electron chi connectivity index (χ4n) is 9.61. The van der Waals surface area contributed by atoms with E-state index in [9.17, 15) is 5.11 Å². The Bertz CT molecular complexity index is 1940. The first-order valence-corrected chi connectivity index (χ1v) is 27.9. The lowest BCUT2D eigenvalue weighted by molar-refractivity contribution is -0.291. The van der Waals surface area contributed by atoms with Gasteiger partial charge in [-0.2, -0.15) is 0 Å². The molecule has 7 atom stereocenters. The monoisotopic (exact) mass is 1000 g/mol. The molecule has 0 aromatic heterocycles. The molecule has 0 saturated heterocycles. The Morgan fingerprint density at radius 2 is 0.603 bits per heavy atom. The van der Waals surface area contributed by atoms with Crippen molar-refractivity contribution in [2.45, 2.75) is 185 Å². The van der Waals surface area contributed by atoms with Crippen LogP contribution in [0.2, 0.25) is 0 Å². The Balaban J connectivity index is 1.10. The summed E-state index contributed by atoms with van der Waals surface area (Å²) in [6.45, 7) is 5.09. The molecule has 73 heavy (non-hydrogen) atoms. The van der Waals surface area contributed by atoms with Crippen molar-refractivity contribution < 1.29 is 43.0 Å². The van der Waals surface area contributed by atoms with Crippen molar-refractivity contribution in [1.29, 1.82) is 0 Å². The second-order valence-electron chi connectivity index (χ2n) is 19.7. The lowest BCUT2D eigenvalue weighted by atomic mass is 9.83. The first-order chi connectivity index (χ1) is 36.2. The second kappa shape index (κ2) is 36.6. The molecule has 5 aromatic carbocycles. The van der Waals surface area contributed by atoms with Crippen LogP contribution < -0.4 is 0 Å². The normalized spacial score (nSPS) is 19.3. The van der Waals surface area contributed by atoms with E-state index in [1.165, 1.54) is 89.9 Å². The predicted octanol–water partition coefficient (Wildman–Crippen LogP) is 14.0. The van der Waals surface area contributed by atoms with Crippen LogP contribution in [-0.2, 0) is 70.9 Å². The van der Waals surface area contributed by atoms with Gasteiger partial charge in [0.25, 0.3) is 0 Å². The minimum atomic E-state index is -0.687. The molecule has 1 N–H and O–H groups in total. The van der Waals surface area contributed by atoms with Crippen LogP contribution in [0, 0.1) is 0 Å². The number of hydrogen-bond acceptors (Lipinski definition) is 9. The SMILES string of the molecule is CCCCCCCCCCCCCCCCCCOC[C@H](CO)OCCOC1[C@@H](OCc2ccccc2)[C@H](OCc2ccccc2)C(OCc2ccccc2)[C@H](OCc2ccccc2)[C@@H]1OCc1ccccc1. The van der Waals surface area contributed by atoms with E-state index >= 15 is 0 Å². The van der Waals surface area contributed by atoms with Gasteiger partial charge in [0.2, 0.25) is 0 Å². The van der Waals surface area contributed by atoms with Crippen LogP contribution in [0.15, 0.2) is 152 Å². The van der Waals surface area contributed by atoms with Crippen molar-refractivity contribution in [3.8, 4) is 0 Å². The fourth-order valence-corrected chi connectivity index (χ4v) is 9.61. The molecule has 0 radical (unpaired) electrons. The largest absolute Gasteiger partial charge is 0.394 e. The summed E-state index contributed by atoms with van der Waals surface area (Å²) < 4.78 is 54.5. The number of rotatable bonds is 40. The van der Waals surface area contributed by atoms with E-state index in [1.54, 1.807) is 0 Å². The number of aliphatic hydroxyl groups is 1. The second-order valence-corrected chi connectivity index (χ2v) is 19.7. The zero-order chi connectivity index (χ0) is 50.6. The average Bonchev–Trinajstić information content (AvgIpc) is 3.44. The third kappa shape index (κ3) is 22.6. The Morgan fingerprint density at radius 1 is 0.329 bits per heavy atom. The first-order valence-electron chi connectivity index (χ1n) is 27.9. The van der Waals surface area contributed by atoms with Crippen molar-refractivity contribution in [3.05, 3.63) is 179 Å². The highest BCUT2D eigenvalue weighted by Gasteiger charge is 2.55. The van der Waals surface area contributed by atoms with Gasteiger partial charge in [0, 0.05) is 6.61 Å². The summed E-state index contributed by atoms with van der Waals surface area (Å²) in [5, 5.41) is 10.4. The summed E-state index contributed by atoms with van der Waals surface area (Å²) >= 11 is 0. The molecule has 2 unspecified atom stereocenters. The van der Waals surface area contributed by atoms with Gasteiger partial charge in [0.15, 0.2) is 0 Å². The van der Waals surface area contributed by atoms with E-state index in [1.807, 2.05) is 91.0 Å². The molecule has 6 rings (SSSR count). The lowest BCUT2D eigenvalue weighted by Gasteiger charge is -2.49. The van der Waals surface area contributed by atoms with Gasteiger partial charge in [-0.05, 0) is 34.2 Å². The standard InChI is InChI=1S/C64H88O9/c1-2-3-4-5-6-7-8-9-10-11-12-13-14-15-16-32-43-66-52-58(46-65)67-44-45-68-59-60(69-47-53-33-22-17-23-34-53)62(71-49-55-37-26-19-27-38-55)64(73-51-57-41-30-21-31-42-57)63(72-50-56-39-28-20-29-40-56)61(59)70-48-54-35-24-18-25-36-54/h17-31,33-42,58-65H,2-16,32,43-52H2,1H3/t58-,59?,60+,61+,62-,63+,64?/m0/s1. The third-order valence-electron chi connectivity index (χ3n) is 13.8. The van der Waals surface area contributed by atoms with Gasteiger partial charge in [-0.3, -0.25) is 0 Å². The van der Waals surface area contributed by atoms with E-state index in [0.29, 0.717) is 46.2 Å². The third-order valence-corrected chi connectivity index (χ3v) is 13.8. The summed E-state index contributed by atoms with van der Waals surface area (Å²) in [6, 6.07) is 50.8. The molecule has 0 heterocycles. The molecule has 5 aromatic rings. The molecule has 9 nitrogen and oxygen atoms in total. The molecular formula is C64H88O9. The van der Waals surface area contributed by atoms with Crippen LogP contribution in [-0.4, -0.2) is 80.9 Å². The van der Waals surface area contributed by atoms with Crippen LogP contribution in [0.1, 0.15) is 137 Å². The molecule has 0 amide bonds. The van der Waals surface area contributed by atoms with Crippen molar-refractivity contribution in [2.75, 3.05) is 33.0 Å². The summed E-state index contributed by atoms with van der Waals surface area (Å²) in [5.74, 6) is 0. The maximum absolute atomic E-state index is 10.4. The van der Waals surface area contributed by atoms with Crippen molar-refractivity contribution >= 4 is 0 Å². The number of aliphatic hydroxyl groups excluding tert-OH is 1. The molecule has 1 fully saturated rings. The summed E-state index contributed by atoms with van der Waals surface area (Å²) in [6.07, 6.45) is 16.9. The van der Waals surface area contributed by atoms with Crippen LogP contribution in [0.25, 0.3) is 0 Å². The summed E-state index contributed by atoms with van der Waals surface area (Å²) in [7, 11) is 0. The van der Waals surface area contributed by atoms with Gasteiger partial charge in [0.1, 0.15) is 42.7 Å². The zero-order valence-electron chi connectivity index (χ0n) is 44.1. The highest BCUT2D eigenvalue weighted by molar-refractivity contribution is 5.18. The molecule has 0 spiro atoms. The predicted molar refractivity (Wildman–Crippen MR) is 292 cm³/mol. The van der Waals surface area contributed by atoms with E-state index in [4.69, 9.17) is 37.9 Å². The molecule has 398 valence electrons. The fraction of sp³-hybridized carbons (Fsp3) is 0.531. The van der Waals surface area contributed by atoms with Crippen LogP contribution in [0.4, 0.5) is 0 Å². The van der Waals surface area contributed by atoms with E-state index in [0.717, 1.165) is 40.7 Å². The van der Waals surface area contributed by atoms with Gasteiger partial charge in [-0.1, -0.05) is 255 Å².